The van der Waals surface area contributed by atoms with Crippen molar-refractivity contribution in [2.75, 3.05) is 4.90 Å². The summed E-state index contributed by atoms with van der Waals surface area (Å²) in [5, 5.41) is 0.726. The second kappa shape index (κ2) is 7.86. The molecule has 4 rings (SSSR count). The van der Waals surface area contributed by atoms with E-state index in [2.05, 4.69) is 41.9 Å². The summed E-state index contributed by atoms with van der Waals surface area (Å²) in [6.45, 7) is 4.62. The molecule has 0 spiro atoms. The van der Waals surface area contributed by atoms with E-state index in [0.717, 1.165) is 30.9 Å². The van der Waals surface area contributed by atoms with Crippen LogP contribution in [0.15, 0.2) is 71.2 Å². The van der Waals surface area contributed by atoms with Crippen LogP contribution >= 0.6 is 27.3 Å². The second-order valence-electron chi connectivity index (χ2n) is 6.76. The van der Waals surface area contributed by atoms with Gasteiger partial charge in [-0.05, 0) is 54.8 Å². The van der Waals surface area contributed by atoms with Crippen molar-refractivity contribution in [1.82, 2.24) is 4.98 Å². The summed E-state index contributed by atoms with van der Waals surface area (Å²) in [4.78, 5) is 20.0. The van der Waals surface area contributed by atoms with Crippen LogP contribution in [0.5, 0.6) is 0 Å². The Labute approximate surface area is 176 Å². The van der Waals surface area contributed by atoms with Crippen molar-refractivity contribution < 1.29 is 4.79 Å². The average Bonchev–Trinajstić information content (AvgIpc) is 3.16. The molecule has 0 bridgehead atoms. The normalized spacial score (nSPS) is 11.0. The molecule has 140 valence electrons. The molecular weight excluding hydrogens is 432 g/mol. The number of thiazole rings is 1. The zero-order chi connectivity index (χ0) is 19.7. The van der Waals surface area contributed by atoms with Crippen molar-refractivity contribution >= 4 is 48.5 Å². The molecule has 0 atom stereocenters. The molecule has 0 unspecified atom stereocenters. The number of fused-ring (bicyclic) bond motifs is 1. The van der Waals surface area contributed by atoms with Gasteiger partial charge in [-0.2, -0.15) is 0 Å². The van der Waals surface area contributed by atoms with E-state index in [1.165, 1.54) is 5.56 Å². The number of carbonyl (C=O) groups excluding carboxylic acids is 1. The van der Waals surface area contributed by atoms with E-state index >= 15 is 0 Å². The quantitative estimate of drug-likeness (QED) is 0.354. The lowest BCUT2D eigenvalue weighted by atomic mass is 10.1. The molecule has 0 saturated carbocycles. The number of hydrogen-bond donors (Lipinski definition) is 0. The van der Waals surface area contributed by atoms with Crippen molar-refractivity contribution in [2.45, 2.75) is 20.4 Å². The highest BCUT2D eigenvalue weighted by Crippen LogP contribution is 2.34. The Kier molecular flexibility index (Phi) is 5.29. The number of aromatic nitrogens is 1. The lowest BCUT2D eigenvalue weighted by Crippen LogP contribution is -2.30. The number of rotatable bonds is 4. The smallest absolute Gasteiger partial charge is 0.260 e. The van der Waals surface area contributed by atoms with E-state index in [0.29, 0.717) is 12.1 Å². The summed E-state index contributed by atoms with van der Waals surface area (Å²) in [6, 6.07) is 21.7. The van der Waals surface area contributed by atoms with Crippen molar-refractivity contribution in [3.8, 4) is 0 Å². The second-order valence-corrected chi connectivity index (χ2v) is 8.65. The number of halogens is 1. The van der Waals surface area contributed by atoms with Gasteiger partial charge in [-0.15, -0.1) is 0 Å². The highest BCUT2D eigenvalue weighted by atomic mass is 79.9. The number of anilines is 1. The van der Waals surface area contributed by atoms with Crippen molar-refractivity contribution in [2.24, 2.45) is 0 Å². The maximum absolute atomic E-state index is 13.4. The van der Waals surface area contributed by atoms with Crippen LogP contribution in [-0.4, -0.2) is 10.9 Å². The predicted octanol–water partition coefficient (Wildman–Crippen LogP) is 6.52. The summed E-state index contributed by atoms with van der Waals surface area (Å²) >= 11 is 5.01. The van der Waals surface area contributed by atoms with Crippen LogP contribution in [0.4, 0.5) is 5.13 Å². The van der Waals surface area contributed by atoms with Crippen LogP contribution in [0.3, 0.4) is 0 Å². The van der Waals surface area contributed by atoms with Crippen LogP contribution < -0.4 is 4.90 Å². The number of hydrogen-bond acceptors (Lipinski definition) is 3. The van der Waals surface area contributed by atoms with Gasteiger partial charge >= 0.3 is 0 Å². The Morgan fingerprint density at radius 2 is 1.64 bits per heavy atom. The van der Waals surface area contributed by atoms with Gasteiger partial charge in [-0.3, -0.25) is 9.69 Å². The summed E-state index contributed by atoms with van der Waals surface area (Å²) in [6.07, 6.45) is 0. The third kappa shape index (κ3) is 3.73. The minimum atomic E-state index is -0.0503. The molecule has 4 aromatic rings. The van der Waals surface area contributed by atoms with Crippen molar-refractivity contribution in [1.29, 1.82) is 0 Å². The minimum absolute atomic E-state index is 0.0503. The summed E-state index contributed by atoms with van der Waals surface area (Å²) in [5.74, 6) is -0.0503. The van der Waals surface area contributed by atoms with Gasteiger partial charge in [0.25, 0.3) is 5.91 Å². The maximum Gasteiger partial charge on any atom is 0.260 e. The van der Waals surface area contributed by atoms with Crippen molar-refractivity contribution in [3.63, 3.8) is 0 Å². The number of carbonyl (C=O) groups is 1. The molecule has 0 N–H and O–H groups in total. The fourth-order valence-corrected chi connectivity index (χ4v) is 4.48. The topological polar surface area (TPSA) is 33.2 Å². The maximum atomic E-state index is 13.4. The largest absolute Gasteiger partial charge is 0.279 e. The van der Waals surface area contributed by atoms with Gasteiger partial charge in [0.1, 0.15) is 0 Å². The zero-order valence-corrected chi connectivity index (χ0v) is 18.0. The first kappa shape index (κ1) is 18.8. The van der Waals surface area contributed by atoms with Gasteiger partial charge in [0.05, 0.1) is 16.8 Å². The molecule has 0 aliphatic rings. The van der Waals surface area contributed by atoms with Crippen molar-refractivity contribution in [3.05, 3.63) is 93.5 Å². The average molecular weight is 451 g/mol. The lowest BCUT2D eigenvalue weighted by Gasteiger charge is -2.20. The van der Waals surface area contributed by atoms with E-state index < -0.39 is 0 Å². The predicted molar refractivity (Wildman–Crippen MR) is 120 cm³/mol. The minimum Gasteiger partial charge on any atom is -0.279 e. The molecule has 5 heteroatoms. The molecule has 0 saturated heterocycles. The first-order valence-corrected chi connectivity index (χ1v) is 10.6. The van der Waals surface area contributed by atoms with Gasteiger partial charge in [0, 0.05) is 10.0 Å². The van der Waals surface area contributed by atoms with Crippen LogP contribution in [0.2, 0.25) is 0 Å². The standard InChI is InChI=1S/C23H19BrN2OS/c1-15-8-9-16(2)21-20(15)25-23(28-21)26(14-17-6-4-3-5-7-17)22(27)18-10-12-19(24)13-11-18/h3-13H,14H2,1-2H3. The molecule has 0 radical (unpaired) electrons. The van der Waals surface area contributed by atoms with Crippen LogP contribution in [-0.2, 0) is 6.54 Å². The summed E-state index contributed by atoms with van der Waals surface area (Å²) < 4.78 is 2.08. The molecule has 0 aliphatic carbocycles. The molecular formula is C23H19BrN2OS. The van der Waals surface area contributed by atoms with Gasteiger partial charge in [0.15, 0.2) is 5.13 Å². The first-order chi connectivity index (χ1) is 13.5. The molecule has 1 heterocycles. The Morgan fingerprint density at radius 1 is 0.964 bits per heavy atom. The molecule has 0 aliphatic heterocycles. The number of nitrogens with zero attached hydrogens (tertiary/aromatic N) is 2. The third-order valence-corrected chi connectivity index (χ3v) is 6.42. The van der Waals surface area contributed by atoms with Crippen LogP contribution in [0, 0.1) is 13.8 Å². The Bertz CT molecular complexity index is 1100. The SMILES string of the molecule is Cc1ccc(C)c2sc(N(Cc3ccccc3)C(=O)c3ccc(Br)cc3)nc12. The Hall–Kier alpha value is -2.50. The van der Waals surface area contributed by atoms with E-state index in [-0.39, 0.29) is 5.91 Å². The lowest BCUT2D eigenvalue weighted by molar-refractivity contribution is 0.0985. The van der Waals surface area contributed by atoms with Gasteiger partial charge in [0.2, 0.25) is 0 Å². The number of amides is 1. The third-order valence-electron chi connectivity index (χ3n) is 4.68. The van der Waals surface area contributed by atoms with Gasteiger partial charge in [-0.1, -0.05) is 69.7 Å². The van der Waals surface area contributed by atoms with Crippen LogP contribution in [0.1, 0.15) is 27.0 Å². The molecule has 1 amide bonds. The van der Waals surface area contributed by atoms with Crippen LogP contribution in [0.25, 0.3) is 10.2 Å². The monoisotopic (exact) mass is 450 g/mol. The molecule has 3 nitrogen and oxygen atoms in total. The number of benzene rings is 3. The van der Waals surface area contributed by atoms with E-state index in [1.807, 2.05) is 54.6 Å². The fraction of sp³-hybridized carbons (Fsp3) is 0.130. The summed E-state index contributed by atoms with van der Waals surface area (Å²) in [5.41, 5.74) is 4.99. The highest BCUT2D eigenvalue weighted by Gasteiger charge is 2.22. The molecule has 0 fully saturated rings. The van der Waals surface area contributed by atoms with Gasteiger partial charge in [-0.25, -0.2) is 4.98 Å². The molecule has 3 aromatic carbocycles. The van der Waals surface area contributed by atoms with E-state index in [4.69, 9.17) is 4.98 Å². The Balaban J connectivity index is 1.80. The zero-order valence-electron chi connectivity index (χ0n) is 15.6. The molecule has 1 aromatic heterocycles. The van der Waals surface area contributed by atoms with E-state index in [9.17, 15) is 4.79 Å². The summed E-state index contributed by atoms with van der Waals surface area (Å²) in [7, 11) is 0. The Morgan fingerprint density at radius 3 is 2.32 bits per heavy atom. The van der Waals surface area contributed by atoms with E-state index in [1.54, 1.807) is 16.2 Å². The molecule has 28 heavy (non-hydrogen) atoms. The fourth-order valence-electron chi connectivity index (χ4n) is 3.10. The highest BCUT2D eigenvalue weighted by molar-refractivity contribution is 9.10. The van der Waals surface area contributed by atoms with Gasteiger partial charge < -0.3 is 0 Å². The first-order valence-electron chi connectivity index (χ1n) is 9.01. The number of aryl methyl sites for hydroxylation is 2.